The van der Waals surface area contributed by atoms with Gasteiger partial charge in [-0.1, -0.05) is 175 Å². The fraction of sp³-hybridized carbons (Fsp3) is 1.00. The van der Waals surface area contributed by atoms with E-state index in [9.17, 15) is 0 Å². The Balaban J connectivity index is -0.000000403. The molecule has 0 aliphatic rings. The summed E-state index contributed by atoms with van der Waals surface area (Å²) in [5.41, 5.74) is 0. The summed E-state index contributed by atoms with van der Waals surface area (Å²) in [4.78, 5) is 0. The Morgan fingerprint density at radius 1 is 0.239 bits per heavy atom. The molecule has 0 heterocycles. The lowest BCUT2D eigenvalue weighted by Gasteiger charge is -2.30. The summed E-state index contributed by atoms with van der Waals surface area (Å²) in [6, 6.07) is 0. The van der Waals surface area contributed by atoms with Crippen molar-refractivity contribution in [2.45, 2.75) is 220 Å². The monoisotopic (exact) mass is 783 g/mol. The molecular weight excluding hydrogens is 692 g/mol. The molecule has 46 heavy (non-hydrogen) atoms. The molecule has 0 aliphatic carbocycles. The SMILES string of the molecule is CCCCCCCCCCCC[N+](C)(C)CC.CCCCCCCCCCCC[N+](C)(C)CCCCCCCCCCCC.[Br-].[Br-]. The van der Waals surface area contributed by atoms with Crippen LogP contribution in [0.1, 0.15) is 220 Å². The van der Waals surface area contributed by atoms with Gasteiger partial charge in [0.2, 0.25) is 0 Å². The summed E-state index contributed by atoms with van der Waals surface area (Å²) >= 11 is 0. The Kier molecular flexibility index (Phi) is 49.1. The van der Waals surface area contributed by atoms with Crippen LogP contribution in [0.5, 0.6) is 0 Å². The van der Waals surface area contributed by atoms with E-state index in [2.05, 4.69) is 55.9 Å². The van der Waals surface area contributed by atoms with Crippen LogP contribution < -0.4 is 34.0 Å². The third kappa shape index (κ3) is 47.0. The Labute approximate surface area is 316 Å². The van der Waals surface area contributed by atoms with Crippen molar-refractivity contribution in [1.29, 1.82) is 0 Å². The van der Waals surface area contributed by atoms with Gasteiger partial charge < -0.3 is 42.9 Å². The van der Waals surface area contributed by atoms with E-state index in [4.69, 9.17) is 0 Å². The molecule has 0 radical (unpaired) electrons. The number of nitrogens with zero attached hydrogens (tertiary/aromatic N) is 2. The predicted molar refractivity (Wildman–Crippen MR) is 205 cm³/mol. The Hall–Kier alpha value is 0.880. The Morgan fingerprint density at radius 3 is 0.609 bits per heavy atom. The van der Waals surface area contributed by atoms with Gasteiger partial charge in [-0.25, -0.2) is 0 Å². The lowest BCUT2D eigenvalue weighted by Crippen LogP contribution is -3.00. The van der Waals surface area contributed by atoms with Crippen LogP contribution in [0.4, 0.5) is 0 Å². The van der Waals surface area contributed by atoms with E-state index >= 15 is 0 Å². The first-order chi connectivity index (χ1) is 21.2. The number of rotatable bonds is 34. The van der Waals surface area contributed by atoms with Crippen LogP contribution in [0, 0.1) is 0 Å². The van der Waals surface area contributed by atoms with Gasteiger partial charge in [0, 0.05) is 0 Å². The van der Waals surface area contributed by atoms with Gasteiger partial charge in [-0.3, -0.25) is 0 Å². The minimum atomic E-state index is 0. The predicted octanol–water partition coefficient (Wildman–Crippen LogP) is 7.92. The van der Waals surface area contributed by atoms with Gasteiger partial charge in [-0.05, 0) is 45.4 Å². The Morgan fingerprint density at radius 2 is 0.413 bits per heavy atom. The van der Waals surface area contributed by atoms with E-state index in [1.807, 2.05) is 0 Å². The molecule has 0 saturated heterocycles. The van der Waals surface area contributed by atoms with E-state index < -0.39 is 0 Å². The number of hydrogen-bond donors (Lipinski definition) is 0. The number of halogens is 2. The maximum absolute atomic E-state index is 2.45. The van der Waals surface area contributed by atoms with Gasteiger partial charge in [-0.15, -0.1) is 0 Å². The maximum Gasteiger partial charge on any atom is 0.0782 e. The van der Waals surface area contributed by atoms with Crippen LogP contribution in [-0.2, 0) is 0 Å². The summed E-state index contributed by atoms with van der Waals surface area (Å²) in [6.45, 7) is 14.6. The van der Waals surface area contributed by atoms with Crippen molar-refractivity contribution in [3.63, 3.8) is 0 Å². The summed E-state index contributed by atoms with van der Waals surface area (Å²) in [7, 11) is 9.57. The number of quaternary nitrogens is 2. The summed E-state index contributed by atoms with van der Waals surface area (Å²) in [6.07, 6.45) is 43.4. The van der Waals surface area contributed by atoms with Gasteiger partial charge in [-0.2, -0.15) is 0 Å². The van der Waals surface area contributed by atoms with Crippen molar-refractivity contribution >= 4 is 0 Å². The normalized spacial score (nSPS) is 11.5. The molecule has 0 amide bonds. The second kappa shape index (κ2) is 42.0. The van der Waals surface area contributed by atoms with Crippen LogP contribution in [0.25, 0.3) is 0 Å². The fourth-order valence-corrected chi connectivity index (χ4v) is 6.35. The van der Waals surface area contributed by atoms with Crippen LogP contribution in [0.2, 0.25) is 0 Å². The molecule has 0 aromatic heterocycles. The lowest BCUT2D eigenvalue weighted by molar-refractivity contribution is -0.890. The molecule has 0 aliphatic heterocycles. The van der Waals surface area contributed by atoms with E-state index in [0.717, 1.165) is 0 Å². The minimum Gasteiger partial charge on any atom is -1.00 e. The molecule has 0 saturated carbocycles. The van der Waals surface area contributed by atoms with E-state index in [1.165, 1.54) is 228 Å². The summed E-state index contributed by atoms with van der Waals surface area (Å²) in [5.74, 6) is 0. The molecule has 0 fully saturated rings. The summed E-state index contributed by atoms with van der Waals surface area (Å²) in [5, 5.41) is 0. The first kappa shape index (κ1) is 53.7. The highest BCUT2D eigenvalue weighted by molar-refractivity contribution is 4.50. The van der Waals surface area contributed by atoms with E-state index in [1.54, 1.807) is 0 Å². The van der Waals surface area contributed by atoms with Crippen LogP contribution in [0.3, 0.4) is 0 Å². The molecule has 0 aromatic carbocycles. The van der Waals surface area contributed by atoms with E-state index in [0.29, 0.717) is 0 Å². The third-order valence-electron chi connectivity index (χ3n) is 10.2. The highest BCUT2D eigenvalue weighted by atomic mass is 79.9. The van der Waals surface area contributed by atoms with Crippen molar-refractivity contribution < 1.29 is 42.9 Å². The molecule has 4 heteroatoms. The standard InChI is InChI=1S/C26H56N.C16H36N.2BrH/c1-5-7-9-11-13-15-17-19-21-23-25-27(3,4)26-24-22-20-18-16-14-12-10-8-6-2;1-5-7-8-9-10-11-12-13-14-15-16-17(3,4)6-2;;/h5-26H2,1-4H3;5-16H2,1-4H3;2*1H/q2*+1;;/p-2. The topological polar surface area (TPSA) is 0 Å². The van der Waals surface area contributed by atoms with Crippen LogP contribution in [0.15, 0.2) is 0 Å². The average molecular weight is 785 g/mol. The zero-order valence-corrected chi connectivity index (χ0v) is 36.9. The fourth-order valence-electron chi connectivity index (χ4n) is 6.35. The zero-order valence-electron chi connectivity index (χ0n) is 33.7. The van der Waals surface area contributed by atoms with Crippen molar-refractivity contribution in [2.24, 2.45) is 0 Å². The van der Waals surface area contributed by atoms with E-state index in [-0.39, 0.29) is 34.0 Å². The molecule has 0 aromatic rings. The second-order valence-corrected chi connectivity index (χ2v) is 15.9. The first-order valence-corrected chi connectivity index (χ1v) is 20.9. The third-order valence-corrected chi connectivity index (χ3v) is 10.2. The molecule has 284 valence electrons. The molecule has 0 spiro atoms. The molecule has 2 nitrogen and oxygen atoms in total. The minimum absolute atomic E-state index is 0. The molecule has 0 N–H and O–H groups in total. The lowest BCUT2D eigenvalue weighted by atomic mass is 10.1. The first-order valence-electron chi connectivity index (χ1n) is 20.9. The van der Waals surface area contributed by atoms with Crippen molar-refractivity contribution in [1.82, 2.24) is 0 Å². The van der Waals surface area contributed by atoms with Gasteiger partial charge in [0.15, 0.2) is 0 Å². The van der Waals surface area contributed by atoms with Crippen LogP contribution in [-0.4, -0.2) is 63.3 Å². The molecule has 0 bridgehead atoms. The smallest absolute Gasteiger partial charge is 0.0782 e. The van der Waals surface area contributed by atoms with Gasteiger partial charge >= 0.3 is 0 Å². The highest BCUT2D eigenvalue weighted by Crippen LogP contribution is 2.15. The highest BCUT2D eigenvalue weighted by Gasteiger charge is 2.13. The second-order valence-electron chi connectivity index (χ2n) is 15.9. The van der Waals surface area contributed by atoms with Gasteiger partial charge in [0.05, 0.1) is 54.4 Å². The van der Waals surface area contributed by atoms with Crippen molar-refractivity contribution in [3.8, 4) is 0 Å². The van der Waals surface area contributed by atoms with Crippen molar-refractivity contribution in [2.75, 3.05) is 54.4 Å². The molecular formula is C42H92Br2N2. The molecule has 0 rings (SSSR count). The zero-order chi connectivity index (χ0) is 33.0. The largest absolute Gasteiger partial charge is 1.00 e. The quantitative estimate of drug-likeness (QED) is 0.0460. The van der Waals surface area contributed by atoms with Crippen molar-refractivity contribution in [3.05, 3.63) is 0 Å². The maximum atomic E-state index is 2.45. The molecule has 0 unspecified atom stereocenters. The average Bonchev–Trinajstić information content (AvgIpc) is 3.00. The Bertz CT molecular complexity index is 498. The summed E-state index contributed by atoms with van der Waals surface area (Å²) < 4.78 is 2.44. The van der Waals surface area contributed by atoms with Gasteiger partial charge in [0.25, 0.3) is 0 Å². The number of unbranched alkanes of at least 4 members (excludes halogenated alkanes) is 27. The molecule has 0 atom stereocenters. The van der Waals surface area contributed by atoms with Crippen LogP contribution >= 0.6 is 0 Å². The van der Waals surface area contributed by atoms with Gasteiger partial charge in [0.1, 0.15) is 0 Å². The number of hydrogen-bond acceptors (Lipinski definition) is 0.